The van der Waals surface area contributed by atoms with E-state index in [2.05, 4.69) is 15.7 Å². The van der Waals surface area contributed by atoms with E-state index in [9.17, 15) is 27.2 Å². The highest BCUT2D eigenvalue weighted by Crippen LogP contribution is 2.34. The Balaban J connectivity index is 1.99. The zero-order valence-electron chi connectivity index (χ0n) is 15.2. The van der Waals surface area contributed by atoms with Crippen LogP contribution in [0.15, 0.2) is 48.7 Å². The second kappa shape index (κ2) is 8.15. The lowest BCUT2D eigenvalue weighted by Crippen LogP contribution is -2.21. The zero-order chi connectivity index (χ0) is 22.1. The molecular formula is C19H13ClF4N4O2. The van der Waals surface area contributed by atoms with Gasteiger partial charge in [-0.3, -0.25) is 9.59 Å². The Morgan fingerprint density at radius 2 is 1.73 bits per heavy atom. The molecule has 156 valence electrons. The molecular weight excluding hydrogens is 428 g/mol. The number of rotatable bonds is 4. The largest absolute Gasteiger partial charge is 0.434 e. The van der Waals surface area contributed by atoms with Crippen LogP contribution in [0.3, 0.4) is 0 Å². The zero-order valence-corrected chi connectivity index (χ0v) is 16.0. The average molecular weight is 441 g/mol. The Morgan fingerprint density at radius 1 is 1.07 bits per heavy atom. The first-order valence-electron chi connectivity index (χ1n) is 8.36. The number of aromatic nitrogens is 2. The number of anilines is 2. The molecule has 0 aliphatic carbocycles. The number of nitrogens with one attached hydrogen (secondary N) is 2. The minimum atomic E-state index is -4.93. The predicted molar refractivity (Wildman–Crippen MR) is 102 cm³/mol. The van der Waals surface area contributed by atoms with Crippen molar-refractivity contribution < 1.29 is 27.2 Å². The molecule has 11 heteroatoms. The maximum Gasteiger partial charge on any atom is 0.434 e. The van der Waals surface area contributed by atoms with E-state index in [1.54, 1.807) is 0 Å². The predicted octanol–water partition coefficient (Wildman–Crippen LogP) is 4.89. The molecule has 0 aliphatic rings. The van der Waals surface area contributed by atoms with E-state index in [0.717, 1.165) is 18.3 Å². The lowest BCUT2D eigenvalue weighted by Gasteiger charge is -2.13. The van der Waals surface area contributed by atoms with Gasteiger partial charge in [-0.1, -0.05) is 11.6 Å². The minimum absolute atomic E-state index is 0.0320. The fourth-order valence-corrected chi connectivity index (χ4v) is 2.78. The summed E-state index contributed by atoms with van der Waals surface area (Å²) in [5, 5.41) is 8.45. The van der Waals surface area contributed by atoms with Gasteiger partial charge in [-0.2, -0.15) is 18.3 Å². The number of benzene rings is 2. The minimum Gasteiger partial charge on any atom is -0.326 e. The normalized spacial score (nSPS) is 11.3. The first-order chi connectivity index (χ1) is 14.1. The van der Waals surface area contributed by atoms with Crippen molar-refractivity contribution in [1.29, 1.82) is 0 Å². The number of alkyl halides is 3. The summed E-state index contributed by atoms with van der Waals surface area (Å²) in [4.78, 5) is 23.7. The Morgan fingerprint density at radius 3 is 2.33 bits per heavy atom. The van der Waals surface area contributed by atoms with Gasteiger partial charge in [-0.05, 0) is 42.5 Å². The fraction of sp³-hybridized carbons (Fsp3) is 0.105. The van der Waals surface area contributed by atoms with Gasteiger partial charge in [0, 0.05) is 17.6 Å². The molecule has 3 rings (SSSR count). The molecule has 0 saturated heterocycles. The summed E-state index contributed by atoms with van der Waals surface area (Å²) in [6.07, 6.45) is -4.19. The Kier molecular flexibility index (Phi) is 5.79. The van der Waals surface area contributed by atoms with E-state index in [0.29, 0.717) is 9.70 Å². The molecule has 0 bridgehead atoms. The maximum absolute atomic E-state index is 14.0. The first-order valence-corrected chi connectivity index (χ1v) is 8.73. The number of amides is 2. The van der Waals surface area contributed by atoms with Gasteiger partial charge in [-0.15, -0.1) is 0 Å². The molecule has 0 atom stereocenters. The quantitative estimate of drug-likeness (QED) is 0.567. The van der Waals surface area contributed by atoms with Crippen molar-refractivity contribution in [2.24, 2.45) is 0 Å². The molecule has 30 heavy (non-hydrogen) atoms. The third-order valence-electron chi connectivity index (χ3n) is 3.89. The highest BCUT2D eigenvalue weighted by atomic mass is 35.5. The van der Waals surface area contributed by atoms with E-state index < -0.39 is 40.8 Å². The summed E-state index contributed by atoms with van der Waals surface area (Å²) in [6.45, 7) is 1.22. The van der Waals surface area contributed by atoms with E-state index in [4.69, 9.17) is 11.6 Å². The van der Waals surface area contributed by atoms with Crippen LogP contribution in [-0.4, -0.2) is 21.6 Å². The van der Waals surface area contributed by atoms with Gasteiger partial charge in [0.1, 0.15) is 5.82 Å². The smallest absolute Gasteiger partial charge is 0.326 e. The molecule has 3 aromatic rings. The van der Waals surface area contributed by atoms with Gasteiger partial charge < -0.3 is 10.6 Å². The highest BCUT2D eigenvalue weighted by Gasteiger charge is 2.40. The first kappa shape index (κ1) is 21.3. The summed E-state index contributed by atoms with van der Waals surface area (Å²) in [7, 11) is 0. The van der Waals surface area contributed by atoms with Gasteiger partial charge >= 0.3 is 6.18 Å². The van der Waals surface area contributed by atoms with Gasteiger partial charge in [0.2, 0.25) is 5.91 Å². The number of carbonyl (C=O) groups excluding carboxylic acids is 2. The average Bonchev–Trinajstić information content (AvgIpc) is 3.10. The third-order valence-corrected chi connectivity index (χ3v) is 4.14. The SMILES string of the molecule is CC(=O)Nc1ccc(F)c(NC(=O)c2cnn(-c3ccc(Cl)cc3)c2C(F)(F)F)c1. The molecule has 2 N–H and O–H groups in total. The van der Waals surface area contributed by atoms with E-state index >= 15 is 0 Å². The Labute approximate surface area is 172 Å². The number of nitrogens with zero attached hydrogens (tertiary/aromatic N) is 2. The summed E-state index contributed by atoms with van der Waals surface area (Å²) >= 11 is 5.76. The topological polar surface area (TPSA) is 76.0 Å². The molecule has 0 saturated carbocycles. The standard InChI is InChI=1S/C19H13ClF4N4O2/c1-10(29)26-12-4-7-15(21)16(8-12)27-18(30)14-9-25-28(17(14)19(22,23)24)13-5-2-11(20)3-6-13/h2-9H,1H3,(H,26,29)(H,27,30). The second-order valence-electron chi connectivity index (χ2n) is 6.12. The van der Waals surface area contributed by atoms with E-state index in [1.807, 2.05) is 0 Å². The van der Waals surface area contributed by atoms with Crippen LogP contribution in [0.1, 0.15) is 23.0 Å². The lowest BCUT2D eigenvalue weighted by molar-refractivity contribution is -0.143. The Hall–Kier alpha value is -3.40. The highest BCUT2D eigenvalue weighted by molar-refractivity contribution is 6.30. The number of hydrogen-bond donors (Lipinski definition) is 2. The monoisotopic (exact) mass is 440 g/mol. The summed E-state index contributed by atoms with van der Waals surface area (Å²) < 4.78 is 55.7. The second-order valence-corrected chi connectivity index (χ2v) is 6.56. The number of halogens is 5. The van der Waals surface area contributed by atoms with Crippen LogP contribution < -0.4 is 10.6 Å². The number of hydrogen-bond acceptors (Lipinski definition) is 3. The van der Waals surface area contributed by atoms with E-state index in [-0.39, 0.29) is 11.4 Å². The van der Waals surface area contributed by atoms with Crippen molar-refractivity contribution in [3.63, 3.8) is 0 Å². The van der Waals surface area contributed by atoms with Crippen LogP contribution in [0.5, 0.6) is 0 Å². The van der Waals surface area contributed by atoms with Crippen LogP contribution >= 0.6 is 11.6 Å². The fourth-order valence-electron chi connectivity index (χ4n) is 2.66. The lowest BCUT2D eigenvalue weighted by atomic mass is 10.2. The van der Waals surface area contributed by atoms with Gasteiger partial charge in [0.05, 0.1) is 23.1 Å². The van der Waals surface area contributed by atoms with Crippen molar-refractivity contribution in [2.45, 2.75) is 13.1 Å². The molecule has 6 nitrogen and oxygen atoms in total. The molecule has 1 heterocycles. The molecule has 0 radical (unpaired) electrons. The van der Waals surface area contributed by atoms with Crippen LogP contribution in [-0.2, 0) is 11.0 Å². The van der Waals surface area contributed by atoms with Crippen molar-refractivity contribution in [1.82, 2.24) is 9.78 Å². The summed E-state index contributed by atoms with van der Waals surface area (Å²) in [5.74, 6) is -2.56. The molecule has 1 aromatic heterocycles. The molecule has 0 aliphatic heterocycles. The molecule has 2 aromatic carbocycles. The van der Waals surface area contributed by atoms with Crippen LogP contribution in [0, 0.1) is 5.82 Å². The summed E-state index contributed by atoms with van der Waals surface area (Å²) in [5.41, 5.74) is -2.35. The van der Waals surface area contributed by atoms with Gasteiger partial charge in [0.15, 0.2) is 5.69 Å². The van der Waals surface area contributed by atoms with Gasteiger partial charge in [0.25, 0.3) is 5.91 Å². The van der Waals surface area contributed by atoms with Gasteiger partial charge in [-0.25, -0.2) is 9.07 Å². The van der Waals surface area contributed by atoms with Crippen LogP contribution in [0.4, 0.5) is 28.9 Å². The van der Waals surface area contributed by atoms with Crippen molar-refractivity contribution in [2.75, 3.05) is 10.6 Å². The molecule has 0 fully saturated rings. The number of carbonyl (C=O) groups is 2. The molecule has 0 spiro atoms. The van der Waals surface area contributed by atoms with Crippen molar-refractivity contribution in [3.8, 4) is 5.69 Å². The van der Waals surface area contributed by atoms with Crippen molar-refractivity contribution >= 4 is 34.8 Å². The third kappa shape index (κ3) is 4.60. The van der Waals surface area contributed by atoms with Crippen LogP contribution in [0.2, 0.25) is 5.02 Å². The molecule has 0 unspecified atom stereocenters. The van der Waals surface area contributed by atoms with Crippen LogP contribution in [0.25, 0.3) is 5.69 Å². The maximum atomic E-state index is 14.0. The molecule has 2 amide bonds. The summed E-state index contributed by atoms with van der Waals surface area (Å²) in [6, 6.07) is 8.66. The van der Waals surface area contributed by atoms with E-state index in [1.165, 1.54) is 37.3 Å². The Bertz CT molecular complexity index is 1110. The van der Waals surface area contributed by atoms with Crippen molar-refractivity contribution in [3.05, 3.63) is 70.8 Å².